The zero-order valence-electron chi connectivity index (χ0n) is 14.2. The van der Waals surface area contributed by atoms with E-state index in [1.165, 1.54) is 4.88 Å². The van der Waals surface area contributed by atoms with Crippen molar-refractivity contribution in [2.24, 2.45) is 0 Å². The van der Waals surface area contributed by atoms with Gasteiger partial charge in [0.1, 0.15) is 0 Å². The molecule has 0 aliphatic carbocycles. The van der Waals surface area contributed by atoms with Crippen molar-refractivity contribution >= 4 is 38.8 Å². The quantitative estimate of drug-likeness (QED) is 0.536. The van der Waals surface area contributed by atoms with Gasteiger partial charge in [-0.15, -0.1) is 22.7 Å². The molecule has 4 aromatic rings. The van der Waals surface area contributed by atoms with E-state index >= 15 is 0 Å². The summed E-state index contributed by atoms with van der Waals surface area (Å²) in [5, 5.41) is 6.12. The second kappa shape index (κ2) is 7.35. The summed E-state index contributed by atoms with van der Waals surface area (Å²) in [6, 6.07) is 11.8. The molecule has 1 aromatic carbocycles. The maximum Gasteiger partial charge on any atom is 0.251 e. The van der Waals surface area contributed by atoms with Crippen LogP contribution in [0.1, 0.15) is 27.9 Å². The lowest BCUT2D eigenvalue weighted by Crippen LogP contribution is -2.22. The van der Waals surface area contributed by atoms with Gasteiger partial charge in [-0.1, -0.05) is 13.0 Å². The average Bonchev–Trinajstić information content (AvgIpc) is 3.35. The first-order valence-electron chi connectivity index (χ1n) is 8.38. The number of thiophene rings is 1. The number of carbonyl (C=O) groups excluding carboxylic acids is 1. The van der Waals surface area contributed by atoms with Gasteiger partial charge in [-0.3, -0.25) is 9.78 Å². The predicted octanol–water partition coefficient (Wildman–Crippen LogP) is 4.91. The number of pyridine rings is 1. The second-order valence-corrected chi connectivity index (χ2v) is 7.95. The number of hydrogen-bond donors (Lipinski definition) is 1. The standard InChI is InChI=1S/C20H17N3OS2/c1-2-19-23-16-6-5-14(9-18(16)26-19)20(24)22-11-13-8-15(12-21-10-13)17-4-3-7-25-17/h3-10,12H,2,11H2,1H3,(H,22,24). The van der Waals surface area contributed by atoms with Crippen molar-refractivity contribution in [3.05, 3.63) is 70.3 Å². The van der Waals surface area contributed by atoms with Gasteiger partial charge >= 0.3 is 0 Å². The largest absolute Gasteiger partial charge is 0.348 e. The number of nitrogens with zero attached hydrogens (tertiary/aromatic N) is 2. The van der Waals surface area contributed by atoms with Crippen molar-refractivity contribution < 1.29 is 4.79 Å². The van der Waals surface area contributed by atoms with E-state index < -0.39 is 0 Å². The van der Waals surface area contributed by atoms with E-state index in [4.69, 9.17) is 0 Å². The minimum absolute atomic E-state index is 0.0834. The Balaban J connectivity index is 1.48. The summed E-state index contributed by atoms with van der Waals surface area (Å²) in [4.78, 5) is 22.5. The number of amides is 1. The minimum Gasteiger partial charge on any atom is -0.348 e. The van der Waals surface area contributed by atoms with Crippen LogP contribution in [0.5, 0.6) is 0 Å². The maximum absolute atomic E-state index is 12.5. The molecule has 0 spiro atoms. The number of aryl methyl sites for hydroxylation is 1. The Morgan fingerprint density at radius 2 is 2.12 bits per heavy atom. The molecule has 6 heteroatoms. The van der Waals surface area contributed by atoms with Gasteiger partial charge in [0.25, 0.3) is 5.91 Å². The van der Waals surface area contributed by atoms with Gasteiger partial charge in [-0.25, -0.2) is 4.98 Å². The zero-order chi connectivity index (χ0) is 17.9. The number of rotatable bonds is 5. The van der Waals surface area contributed by atoms with Crippen molar-refractivity contribution in [1.82, 2.24) is 15.3 Å². The topological polar surface area (TPSA) is 54.9 Å². The third kappa shape index (κ3) is 3.52. The highest BCUT2D eigenvalue weighted by Gasteiger charge is 2.09. The van der Waals surface area contributed by atoms with Crippen LogP contribution >= 0.6 is 22.7 Å². The molecule has 0 atom stereocenters. The lowest BCUT2D eigenvalue weighted by Gasteiger charge is -2.06. The molecule has 0 fully saturated rings. The van der Waals surface area contributed by atoms with Crippen molar-refractivity contribution in [3.63, 3.8) is 0 Å². The molecular formula is C20H17N3OS2. The average molecular weight is 380 g/mol. The van der Waals surface area contributed by atoms with Crippen LogP contribution in [0, 0.1) is 0 Å². The number of carbonyl (C=O) groups is 1. The SMILES string of the molecule is CCc1nc2ccc(C(=O)NCc3cncc(-c4cccs4)c3)cc2s1. The highest BCUT2D eigenvalue weighted by atomic mass is 32.1. The first-order valence-corrected chi connectivity index (χ1v) is 10.1. The molecule has 3 heterocycles. The Morgan fingerprint density at radius 3 is 2.92 bits per heavy atom. The van der Waals surface area contributed by atoms with Gasteiger partial charge in [-0.05, 0) is 47.7 Å². The van der Waals surface area contributed by atoms with Gasteiger partial charge in [0, 0.05) is 34.9 Å². The summed E-state index contributed by atoms with van der Waals surface area (Å²) in [5.41, 5.74) is 3.67. The summed E-state index contributed by atoms with van der Waals surface area (Å²) in [6.07, 6.45) is 4.55. The number of hydrogen-bond acceptors (Lipinski definition) is 5. The van der Waals surface area contributed by atoms with Crippen LogP contribution in [-0.4, -0.2) is 15.9 Å². The molecule has 26 heavy (non-hydrogen) atoms. The molecular weight excluding hydrogens is 362 g/mol. The molecule has 3 aromatic heterocycles. The number of aromatic nitrogens is 2. The van der Waals surface area contributed by atoms with Crippen LogP contribution in [-0.2, 0) is 13.0 Å². The normalized spacial score (nSPS) is 11.0. The molecule has 1 N–H and O–H groups in total. The summed E-state index contributed by atoms with van der Waals surface area (Å²) in [7, 11) is 0. The number of benzene rings is 1. The molecule has 0 unspecified atom stereocenters. The molecule has 4 rings (SSSR count). The molecule has 1 amide bonds. The molecule has 0 saturated heterocycles. The van der Waals surface area contributed by atoms with E-state index in [-0.39, 0.29) is 5.91 Å². The highest BCUT2D eigenvalue weighted by molar-refractivity contribution is 7.18. The Bertz CT molecular complexity index is 1050. The van der Waals surface area contributed by atoms with Crippen LogP contribution in [0.3, 0.4) is 0 Å². The molecule has 0 saturated carbocycles. The molecule has 4 nitrogen and oxygen atoms in total. The Hall–Kier alpha value is -2.57. The zero-order valence-corrected chi connectivity index (χ0v) is 15.9. The maximum atomic E-state index is 12.5. The molecule has 0 bridgehead atoms. The third-order valence-electron chi connectivity index (χ3n) is 4.05. The summed E-state index contributed by atoms with van der Waals surface area (Å²) in [6.45, 7) is 2.54. The van der Waals surface area contributed by atoms with E-state index in [0.29, 0.717) is 12.1 Å². The van der Waals surface area contributed by atoms with Gasteiger partial charge in [-0.2, -0.15) is 0 Å². The number of fused-ring (bicyclic) bond motifs is 1. The first-order chi connectivity index (χ1) is 12.7. The van der Waals surface area contributed by atoms with Gasteiger partial charge in [0.15, 0.2) is 0 Å². The second-order valence-electron chi connectivity index (χ2n) is 5.89. The van der Waals surface area contributed by atoms with Crippen molar-refractivity contribution in [1.29, 1.82) is 0 Å². The predicted molar refractivity (Wildman–Crippen MR) is 108 cm³/mol. The lowest BCUT2D eigenvalue weighted by atomic mass is 10.1. The Kier molecular flexibility index (Phi) is 4.77. The number of nitrogens with one attached hydrogen (secondary N) is 1. The lowest BCUT2D eigenvalue weighted by molar-refractivity contribution is 0.0951. The van der Waals surface area contributed by atoms with Crippen molar-refractivity contribution in [2.75, 3.05) is 0 Å². The van der Waals surface area contributed by atoms with Gasteiger partial charge < -0.3 is 5.32 Å². The van der Waals surface area contributed by atoms with Crippen molar-refractivity contribution in [3.8, 4) is 10.4 Å². The molecule has 0 aliphatic rings. The molecule has 130 valence electrons. The monoisotopic (exact) mass is 379 g/mol. The summed E-state index contributed by atoms with van der Waals surface area (Å²) < 4.78 is 1.05. The fourth-order valence-electron chi connectivity index (χ4n) is 2.71. The highest BCUT2D eigenvalue weighted by Crippen LogP contribution is 2.25. The Morgan fingerprint density at radius 1 is 1.19 bits per heavy atom. The fraction of sp³-hybridized carbons (Fsp3) is 0.150. The van der Waals surface area contributed by atoms with Gasteiger partial charge in [0.2, 0.25) is 0 Å². The van der Waals surface area contributed by atoms with E-state index in [1.54, 1.807) is 28.9 Å². The smallest absolute Gasteiger partial charge is 0.251 e. The van der Waals surface area contributed by atoms with Crippen molar-refractivity contribution in [2.45, 2.75) is 19.9 Å². The van der Waals surface area contributed by atoms with Gasteiger partial charge in [0.05, 0.1) is 15.2 Å². The summed E-state index contributed by atoms with van der Waals surface area (Å²) in [5.74, 6) is -0.0834. The minimum atomic E-state index is -0.0834. The molecule has 0 radical (unpaired) electrons. The van der Waals surface area contributed by atoms with Crippen LogP contribution in [0.25, 0.3) is 20.7 Å². The van der Waals surface area contributed by atoms with Crippen LogP contribution in [0.4, 0.5) is 0 Å². The Labute approximate surface area is 159 Å². The molecule has 0 aliphatic heterocycles. The van der Waals surface area contributed by atoms with E-state index in [1.807, 2.05) is 35.8 Å². The number of thiazole rings is 1. The summed E-state index contributed by atoms with van der Waals surface area (Å²) >= 11 is 3.32. The first kappa shape index (κ1) is 16.9. The van der Waals surface area contributed by atoms with Crippen LogP contribution < -0.4 is 5.32 Å². The third-order valence-corrected chi connectivity index (χ3v) is 6.13. The van der Waals surface area contributed by atoms with E-state index in [0.717, 1.165) is 32.8 Å². The fourth-order valence-corrected chi connectivity index (χ4v) is 4.37. The van der Waals surface area contributed by atoms with E-state index in [9.17, 15) is 4.79 Å². The van der Waals surface area contributed by atoms with Crippen LogP contribution in [0.2, 0.25) is 0 Å². The van der Waals surface area contributed by atoms with E-state index in [2.05, 4.69) is 34.3 Å². The van der Waals surface area contributed by atoms with Crippen LogP contribution in [0.15, 0.2) is 54.2 Å².